The normalized spacial score (nSPS) is 11.7. The molecule has 8 nitrogen and oxygen atoms in total. The van der Waals surface area contributed by atoms with Crippen LogP contribution in [0.4, 0.5) is 9.52 Å². The standard InChI is InChI=1S/C25H19FN6O2S2/c26-20-8-6-18(7-9-20)24-19(15-32(31-24)21-10-12-22(13-11-21)36(27,33)34)14-28-30-25-29-23(16-35-25)17-4-2-1-3-5-17/h1-16H,(H,29,30)(H2,27,33,34)/b28-14+. The number of nitrogens with one attached hydrogen (secondary N) is 1. The van der Waals surface area contributed by atoms with E-state index in [-0.39, 0.29) is 10.7 Å². The van der Waals surface area contributed by atoms with Crippen LogP contribution in [0.3, 0.4) is 0 Å². The number of nitrogens with zero attached hydrogens (tertiary/aromatic N) is 4. The highest BCUT2D eigenvalue weighted by molar-refractivity contribution is 7.89. The van der Waals surface area contributed by atoms with Crippen LogP contribution >= 0.6 is 11.3 Å². The predicted octanol–water partition coefficient (Wildman–Crippen LogP) is 4.90. The Balaban J connectivity index is 1.43. The summed E-state index contributed by atoms with van der Waals surface area (Å²) in [5.41, 5.74) is 7.34. The monoisotopic (exact) mass is 518 g/mol. The quantitative estimate of drug-likeness (QED) is 0.235. The van der Waals surface area contributed by atoms with E-state index in [0.29, 0.717) is 27.6 Å². The van der Waals surface area contributed by atoms with Crippen LogP contribution in [-0.4, -0.2) is 29.4 Å². The van der Waals surface area contributed by atoms with Crippen LogP contribution in [0.5, 0.6) is 0 Å². The number of hydrogen-bond donors (Lipinski definition) is 2. The zero-order chi connectivity index (χ0) is 25.1. The topological polar surface area (TPSA) is 115 Å². The number of hydrazone groups is 1. The molecule has 0 spiro atoms. The summed E-state index contributed by atoms with van der Waals surface area (Å²) in [7, 11) is -3.81. The molecule has 180 valence electrons. The van der Waals surface area contributed by atoms with E-state index < -0.39 is 10.0 Å². The molecule has 0 aliphatic carbocycles. The Morgan fingerprint density at radius 3 is 2.39 bits per heavy atom. The van der Waals surface area contributed by atoms with Crippen molar-refractivity contribution in [2.45, 2.75) is 4.90 Å². The largest absolute Gasteiger partial charge is 0.253 e. The molecule has 2 heterocycles. The minimum atomic E-state index is -3.81. The van der Waals surface area contributed by atoms with Crippen molar-refractivity contribution in [1.82, 2.24) is 14.8 Å². The maximum Gasteiger partial charge on any atom is 0.238 e. The molecule has 2 aromatic heterocycles. The van der Waals surface area contributed by atoms with E-state index >= 15 is 0 Å². The summed E-state index contributed by atoms with van der Waals surface area (Å²) < 4.78 is 38.2. The molecule has 3 aromatic carbocycles. The van der Waals surface area contributed by atoms with Gasteiger partial charge in [-0.05, 0) is 48.5 Å². The summed E-state index contributed by atoms with van der Waals surface area (Å²) in [6, 6.07) is 21.8. The van der Waals surface area contributed by atoms with Crippen molar-refractivity contribution in [2.75, 3.05) is 5.43 Å². The molecule has 5 rings (SSSR count). The molecule has 0 radical (unpaired) electrons. The fourth-order valence-electron chi connectivity index (χ4n) is 3.46. The molecule has 36 heavy (non-hydrogen) atoms. The number of rotatable bonds is 7. The van der Waals surface area contributed by atoms with Crippen molar-refractivity contribution >= 4 is 32.7 Å². The van der Waals surface area contributed by atoms with Crippen molar-refractivity contribution in [2.24, 2.45) is 10.2 Å². The van der Waals surface area contributed by atoms with Gasteiger partial charge in [-0.25, -0.2) is 27.6 Å². The van der Waals surface area contributed by atoms with Gasteiger partial charge in [0.2, 0.25) is 15.2 Å². The molecule has 0 saturated carbocycles. The zero-order valence-corrected chi connectivity index (χ0v) is 20.2. The number of aromatic nitrogens is 3. The maximum atomic E-state index is 13.5. The van der Waals surface area contributed by atoms with Gasteiger partial charge >= 0.3 is 0 Å². The van der Waals surface area contributed by atoms with Gasteiger partial charge in [0.25, 0.3) is 0 Å². The van der Waals surface area contributed by atoms with Gasteiger partial charge in [-0.1, -0.05) is 30.3 Å². The van der Waals surface area contributed by atoms with Crippen molar-refractivity contribution < 1.29 is 12.8 Å². The highest BCUT2D eigenvalue weighted by Crippen LogP contribution is 2.26. The van der Waals surface area contributed by atoms with Crippen LogP contribution in [0.2, 0.25) is 0 Å². The Labute approximate surface area is 210 Å². The first-order chi connectivity index (χ1) is 17.4. The lowest BCUT2D eigenvalue weighted by Gasteiger charge is -2.03. The second-order valence-electron chi connectivity index (χ2n) is 7.70. The van der Waals surface area contributed by atoms with Gasteiger partial charge in [0, 0.05) is 28.3 Å². The number of primary sulfonamides is 1. The van der Waals surface area contributed by atoms with E-state index in [2.05, 4.69) is 20.6 Å². The summed E-state index contributed by atoms with van der Waals surface area (Å²) in [6.45, 7) is 0. The van der Waals surface area contributed by atoms with Gasteiger partial charge in [0.1, 0.15) is 11.5 Å². The third-order valence-corrected chi connectivity index (χ3v) is 6.90. The number of nitrogens with two attached hydrogens (primary N) is 1. The fourth-order valence-corrected chi connectivity index (χ4v) is 4.64. The molecular weight excluding hydrogens is 499 g/mol. The van der Waals surface area contributed by atoms with E-state index in [1.807, 2.05) is 35.7 Å². The number of hydrogen-bond acceptors (Lipinski definition) is 7. The number of sulfonamides is 1. The van der Waals surface area contributed by atoms with Crippen molar-refractivity contribution in [1.29, 1.82) is 0 Å². The summed E-state index contributed by atoms with van der Waals surface area (Å²) in [6.07, 6.45) is 3.34. The van der Waals surface area contributed by atoms with E-state index in [1.165, 1.54) is 35.6 Å². The number of thiazole rings is 1. The van der Waals surface area contributed by atoms with Crippen LogP contribution in [0.15, 0.2) is 100 Å². The van der Waals surface area contributed by atoms with Gasteiger partial charge in [0.05, 0.1) is 22.5 Å². The van der Waals surface area contributed by atoms with Crippen LogP contribution in [0.1, 0.15) is 5.56 Å². The first-order valence-electron chi connectivity index (χ1n) is 10.7. The third kappa shape index (κ3) is 5.23. The Kier molecular flexibility index (Phi) is 6.42. The Bertz CT molecular complexity index is 1630. The Morgan fingerprint density at radius 2 is 1.69 bits per heavy atom. The first kappa shape index (κ1) is 23.5. The van der Waals surface area contributed by atoms with Gasteiger partial charge in [-0.15, -0.1) is 11.3 Å². The van der Waals surface area contributed by atoms with Crippen LogP contribution < -0.4 is 10.6 Å². The molecule has 0 bridgehead atoms. The van der Waals surface area contributed by atoms with Crippen LogP contribution in [0, 0.1) is 5.82 Å². The molecule has 11 heteroatoms. The lowest BCUT2D eigenvalue weighted by Crippen LogP contribution is -2.12. The lowest BCUT2D eigenvalue weighted by atomic mass is 10.1. The first-order valence-corrected chi connectivity index (χ1v) is 13.1. The molecule has 0 saturated heterocycles. The van der Waals surface area contributed by atoms with Crippen molar-refractivity contribution in [3.63, 3.8) is 0 Å². The predicted molar refractivity (Wildman–Crippen MR) is 139 cm³/mol. The second-order valence-corrected chi connectivity index (χ2v) is 10.1. The van der Waals surface area contributed by atoms with Gasteiger partial charge < -0.3 is 0 Å². The molecule has 0 unspecified atom stereocenters. The average Bonchev–Trinajstić information content (AvgIpc) is 3.53. The Morgan fingerprint density at radius 1 is 0.972 bits per heavy atom. The zero-order valence-electron chi connectivity index (χ0n) is 18.6. The van der Waals surface area contributed by atoms with Crippen LogP contribution in [-0.2, 0) is 10.0 Å². The summed E-state index contributed by atoms with van der Waals surface area (Å²) in [4.78, 5) is 4.56. The van der Waals surface area contributed by atoms with Gasteiger partial charge in [-0.3, -0.25) is 5.43 Å². The van der Waals surface area contributed by atoms with Crippen molar-refractivity contribution in [3.05, 3.63) is 102 Å². The Hall–Kier alpha value is -4.19. The van der Waals surface area contributed by atoms with E-state index in [1.54, 1.807) is 41.4 Å². The van der Waals surface area contributed by atoms with E-state index in [9.17, 15) is 12.8 Å². The average molecular weight is 519 g/mol. The molecule has 5 aromatic rings. The summed E-state index contributed by atoms with van der Waals surface area (Å²) in [5, 5.41) is 16.7. The van der Waals surface area contributed by atoms with Crippen LogP contribution in [0.25, 0.3) is 28.2 Å². The fraction of sp³-hybridized carbons (Fsp3) is 0. The third-order valence-electron chi connectivity index (χ3n) is 5.23. The molecule has 0 fully saturated rings. The molecule has 0 aliphatic heterocycles. The number of halogens is 1. The number of benzene rings is 3. The highest BCUT2D eigenvalue weighted by atomic mass is 32.2. The van der Waals surface area contributed by atoms with Gasteiger partial charge in [-0.2, -0.15) is 10.2 Å². The van der Waals surface area contributed by atoms with Gasteiger partial charge in [0.15, 0.2) is 0 Å². The van der Waals surface area contributed by atoms with E-state index in [4.69, 9.17) is 5.14 Å². The summed E-state index contributed by atoms with van der Waals surface area (Å²) >= 11 is 1.43. The smallest absolute Gasteiger partial charge is 0.238 e. The second kappa shape index (κ2) is 9.82. The molecule has 3 N–H and O–H groups in total. The molecular formula is C25H19FN6O2S2. The SMILES string of the molecule is NS(=O)(=O)c1ccc(-n2cc(/C=N/Nc3nc(-c4ccccc4)cs3)c(-c3ccc(F)cc3)n2)cc1. The molecule has 0 aliphatic rings. The molecule has 0 atom stereocenters. The molecule has 0 amide bonds. The van der Waals surface area contributed by atoms with Crippen molar-refractivity contribution in [3.8, 4) is 28.2 Å². The van der Waals surface area contributed by atoms with E-state index in [0.717, 1.165) is 11.3 Å². The summed E-state index contributed by atoms with van der Waals surface area (Å²) in [5.74, 6) is -0.355. The highest BCUT2D eigenvalue weighted by Gasteiger charge is 2.13. The minimum Gasteiger partial charge on any atom is -0.253 e. The minimum absolute atomic E-state index is 0.00136. The maximum absolute atomic E-state index is 13.5. The number of anilines is 1. The lowest BCUT2D eigenvalue weighted by molar-refractivity contribution is 0.597.